The first-order valence-corrected chi connectivity index (χ1v) is 11.4. The summed E-state index contributed by atoms with van der Waals surface area (Å²) in [6.45, 7) is 6.24. The van der Waals surface area contributed by atoms with E-state index >= 15 is 0 Å². The zero-order chi connectivity index (χ0) is 22.7. The van der Waals surface area contributed by atoms with E-state index in [-0.39, 0.29) is 17.6 Å². The number of pyridine rings is 1. The predicted octanol–water partition coefficient (Wildman–Crippen LogP) is 5.67. The molecule has 2 heterocycles. The SMILES string of the molecule is CCCCC(C)n1c(=O)[nH]c2cc(-c3cc(NC(=O)C4=CCCC=C4)ccc3C)cnc21. The van der Waals surface area contributed by atoms with Crippen LogP contribution < -0.4 is 11.0 Å². The zero-order valence-electron chi connectivity index (χ0n) is 18.9. The molecule has 0 fully saturated rings. The van der Waals surface area contributed by atoms with Crippen molar-refractivity contribution >= 4 is 22.8 Å². The maximum Gasteiger partial charge on any atom is 0.327 e. The topological polar surface area (TPSA) is 79.8 Å². The van der Waals surface area contributed by atoms with Gasteiger partial charge >= 0.3 is 5.69 Å². The average Bonchev–Trinajstić information content (AvgIpc) is 3.14. The highest BCUT2D eigenvalue weighted by Crippen LogP contribution is 2.29. The van der Waals surface area contributed by atoms with Gasteiger partial charge < -0.3 is 10.3 Å². The molecule has 0 spiro atoms. The van der Waals surface area contributed by atoms with Gasteiger partial charge in [0.1, 0.15) is 0 Å². The van der Waals surface area contributed by atoms with E-state index in [0.29, 0.717) is 11.2 Å². The number of carbonyl (C=O) groups excluding carboxylic acids is 1. The number of nitrogens with zero attached hydrogens (tertiary/aromatic N) is 2. The van der Waals surface area contributed by atoms with Crippen molar-refractivity contribution in [1.82, 2.24) is 14.5 Å². The van der Waals surface area contributed by atoms with Crippen molar-refractivity contribution in [3.63, 3.8) is 0 Å². The van der Waals surface area contributed by atoms with E-state index in [4.69, 9.17) is 0 Å². The number of nitrogens with one attached hydrogen (secondary N) is 2. The molecule has 2 aromatic heterocycles. The molecule has 0 aliphatic heterocycles. The molecule has 166 valence electrons. The van der Waals surface area contributed by atoms with Crippen LogP contribution in [0.3, 0.4) is 0 Å². The van der Waals surface area contributed by atoms with Crippen molar-refractivity contribution in [3.05, 3.63) is 70.3 Å². The first kappa shape index (κ1) is 21.8. The van der Waals surface area contributed by atoms with Crippen molar-refractivity contribution in [2.45, 2.75) is 58.9 Å². The Kier molecular flexibility index (Phi) is 6.40. The lowest BCUT2D eigenvalue weighted by molar-refractivity contribution is -0.112. The number of hydrogen-bond acceptors (Lipinski definition) is 3. The average molecular weight is 431 g/mol. The number of aromatic amines is 1. The molecule has 3 aromatic rings. The summed E-state index contributed by atoms with van der Waals surface area (Å²) in [7, 11) is 0. The molecule has 1 aliphatic carbocycles. The molecule has 1 atom stereocenters. The number of rotatable bonds is 7. The largest absolute Gasteiger partial charge is 0.327 e. The van der Waals surface area contributed by atoms with Gasteiger partial charge in [-0.25, -0.2) is 9.78 Å². The molecule has 32 heavy (non-hydrogen) atoms. The maximum atomic E-state index is 12.6. The van der Waals surface area contributed by atoms with Gasteiger partial charge in [0, 0.05) is 29.1 Å². The lowest BCUT2D eigenvalue weighted by Gasteiger charge is -2.13. The monoisotopic (exact) mass is 430 g/mol. The number of fused-ring (bicyclic) bond motifs is 1. The fourth-order valence-corrected chi connectivity index (χ4v) is 4.19. The number of aryl methyl sites for hydroxylation is 1. The van der Waals surface area contributed by atoms with Crippen molar-refractivity contribution in [2.75, 3.05) is 5.32 Å². The number of anilines is 1. The highest BCUT2D eigenvalue weighted by atomic mass is 16.2. The number of allylic oxidation sites excluding steroid dienone is 2. The van der Waals surface area contributed by atoms with E-state index in [1.54, 1.807) is 10.8 Å². The predicted molar refractivity (Wildman–Crippen MR) is 130 cm³/mol. The molecule has 6 nitrogen and oxygen atoms in total. The van der Waals surface area contributed by atoms with Gasteiger partial charge in [-0.1, -0.05) is 44.1 Å². The summed E-state index contributed by atoms with van der Waals surface area (Å²) in [5.74, 6) is -0.105. The van der Waals surface area contributed by atoms with E-state index in [1.165, 1.54) is 0 Å². The third-order valence-corrected chi connectivity index (χ3v) is 6.04. The molecule has 1 amide bonds. The number of aromatic nitrogens is 3. The Morgan fingerprint density at radius 3 is 2.88 bits per heavy atom. The summed E-state index contributed by atoms with van der Waals surface area (Å²) in [5, 5.41) is 2.99. The van der Waals surface area contributed by atoms with Crippen molar-refractivity contribution in [2.24, 2.45) is 0 Å². The second-order valence-corrected chi connectivity index (χ2v) is 8.51. The lowest BCUT2D eigenvalue weighted by atomic mass is 10.0. The van der Waals surface area contributed by atoms with Gasteiger partial charge in [0.05, 0.1) is 5.52 Å². The van der Waals surface area contributed by atoms with Crippen LogP contribution >= 0.6 is 0 Å². The van der Waals surface area contributed by atoms with Crippen LogP contribution in [0.1, 0.15) is 57.6 Å². The summed E-state index contributed by atoms with van der Waals surface area (Å²) in [5.41, 5.74) is 5.64. The van der Waals surface area contributed by atoms with Gasteiger partial charge in [0.25, 0.3) is 5.91 Å². The zero-order valence-corrected chi connectivity index (χ0v) is 18.9. The molecule has 1 aliphatic rings. The van der Waals surface area contributed by atoms with Crippen LogP contribution in [0.5, 0.6) is 0 Å². The van der Waals surface area contributed by atoms with E-state index in [1.807, 2.05) is 49.4 Å². The second kappa shape index (κ2) is 9.39. The van der Waals surface area contributed by atoms with E-state index in [9.17, 15) is 9.59 Å². The summed E-state index contributed by atoms with van der Waals surface area (Å²) in [4.78, 5) is 32.8. The summed E-state index contributed by atoms with van der Waals surface area (Å²) >= 11 is 0. The lowest BCUT2D eigenvalue weighted by Crippen LogP contribution is -2.20. The highest BCUT2D eigenvalue weighted by Gasteiger charge is 2.16. The molecule has 6 heteroatoms. The van der Waals surface area contributed by atoms with Crippen LogP contribution in [0, 0.1) is 6.92 Å². The fourth-order valence-electron chi connectivity index (χ4n) is 4.19. The molecular weight excluding hydrogens is 400 g/mol. The van der Waals surface area contributed by atoms with E-state index in [2.05, 4.69) is 29.1 Å². The molecular formula is C26H30N4O2. The van der Waals surface area contributed by atoms with Gasteiger partial charge in [0.15, 0.2) is 5.65 Å². The number of benzene rings is 1. The van der Waals surface area contributed by atoms with Gasteiger partial charge in [-0.15, -0.1) is 0 Å². The second-order valence-electron chi connectivity index (χ2n) is 8.51. The molecule has 0 radical (unpaired) electrons. The maximum absolute atomic E-state index is 12.6. The highest BCUT2D eigenvalue weighted by molar-refractivity contribution is 6.06. The fraction of sp³-hybridized carbons (Fsp3) is 0.346. The van der Waals surface area contributed by atoms with Crippen LogP contribution in [0.2, 0.25) is 0 Å². The Bertz CT molecular complexity index is 1260. The summed E-state index contributed by atoms with van der Waals surface area (Å²) in [6.07, 6.45) is 12.6. The molecule has 1 aromatic carbocycles. The number of carbonyl (C=O) groups is 1. The number of hydrogen-bond donors (Lipinski definition) is 2. The normalized spacial score (nSPS) is 14.4. The van der Waals surface area contributed by atoms with E-state index < -0.39 is 0 Å². The minimum atomic E-state index is -0.125. The number of H-pyrrole nitrogens is 1. The Hall–Kier alpha value is -3.41. The van der Waals surface area contributed by atoms with Crippen molar-refractivity contribution < 1.29 is 4.79 Å². The Morgan fingerprint density at radius 1 is 1.28 bits per heavy atom. The standard InChI is InChI=1S/C26H30N4O2/c1-4-5-9-18(3)30-24-23(29-26(30)32)14-20(16-27-24)22-15-21(13-12-17(22)2)28-25(31)19-10-7-6-8-11-19/h7,10-16,18H,4-6,8-9H2,1-3H3,(H,28,31)(H,29,32). The van der Waals surface area contributed by atoms with E-state index in [0.717, 1.165) is 60.0 Å². The van der Waals surface area contributed by atoms with Gasteiger partial charge in [-0.3, -0.25) is 9.36 Å². The molecule has 2 N–H and O–H groups in total. The number of unbranched alkanes of at least 4 members (excludes halogenated alkanes) is 1. The quantitative estimate of drug-likeness (QED) is 0.507. The number of amides is 1. The van der Waals surface area contributed by atoms with Crippen LogP contribution in [0.25, 0.3) is 22.3 Å². The first-order valence-electron chi connectivity index (χ1n) is 11.4. The Labute approximate surface area is 188 Å². The molecule has 4 rings (SSSR count). The van der Waals surface area contributed by atoms with Crippen LogP contribution in [-0.4, -0.2) is 20.4 Å². The molecule has 0 saturated heterocycles. The van der Waals surface area contributed by atoms with Crippen LogP contribution in [0.15, 0.2) is 59.1 Å². The molecule has 0 saturated carbocycles. The smallest absolute Gasteiger partial charge is 0.322 e. The van der Waals surface area contributed by atoms with Gasteiger partial charge in [0.2, 0.25) is 0 Å². The molecule has 0 bridgehead atoms. The summed E-state index contributed by atoms with van der Waals surface area (Å²) in [6, 6.07) is 7.91. The molecule has 1 unspecified atom stereocenters. The van der Waals surface area contributed by atoms with Gasteiger partial charge in [-0.2, -0.15) is 0 Å². The van der Waals surface area contributed by atoms with Crippen molar-refractivity contribution in [3.8, 4) is 11.1 Å². The first-order chi connectivity index (χ1) is 15.5. The third-order valence-electron chi connectivity index (χ3n) is 6.04. The number of imidazole rings is 1. The Balaban J connectivity index is 1.64. The van der Waals surface area contributed by atoms with Crippen molar-refractivity contribution in [1.29, 1.82) is 0 Å². The van der Waals surface area contributed by atoms with Crippen LogP contribution in [-0.2, 0) is 4.79 Å². The minimum Gasteiger partial charge on any atom is -0.322 e. The minimum absolute atomic E-state index is 0.0953. The van der Waals surface area contributed by atoms with Gasteiger partial charge in [-0.05, 0) is 62.4 Å². The summed E-state index contributed by atoms with van der Waals surface area (Å²) < 4.78 is 1.75. The third kappa shape index (κ3) is 4.44. The van der Waals surface area contributed by atoms with Crippen LogP contribution in [0.4, 0.5) is 5.69 Å². The Morgan fingerprint density at radius 2 is 2.12 bits per heavy atom.